The maximum absolute atomic E-state index is 12.9. The standard InChI is InChI=1S/C20H18ClN5O5S/c21-17-7-6-14(12-19(17)32(30,31)24-9-1-2-10-24)22-20(27)18-8-11-25(23-18)15-4-3-5-16(13-15)26(28)29/h3-8,11-13H,1-2,9-10H2,(H,22,27). The van der Waals surface area contributed by atoms with E-state index in [0.29, 0.717) is 18.8 Å². The molecular weight excluding hydrogens is 458 g/mol. The number of amides is 1. The topological polar surface area (TPSA) is 127 Å². The van der Waals surface area contributed by atoms with Crippen LogP contribution < -0.4 is 5.32 Å². The Labute approximate surface area is 188 Å². The number of benzene rings is 2. The fourth-order valence-corrected chi connectivity index (χ4v) is 5.40. The van der Waals surface area contributed by atoms with Crippen LogP contribution in [0, 0.1) is 10.1 Å². The van der Waals surface area contributed by atoms with Crippen LogP contribution >= 0.6 is 11.6 Å². The summed E-state index contributed by atoms with van der Waals surface area (Å²) in [6.45, 7) is 0.870. The zero-order chi connectivity index (χ0) is 22.9. The van der Waals surface area contributed by atoms with E-state index in [-0.39, 0.29) is 27.0 Å². The van der Waals surface area contributed by atoms with Crippen molar-refractivity contribution in [2.24, 2.45) is 0 Å². The van der Waals surface area contributed by atoms with Crippen molar-refractivity contribution in [2.45, 2.75) is 17.7 Å². The molecule has 1 fully saturated rings. The number of carbonyl (C=O) groups excluding carboxylic acids is 1. The van der Waals surface area contributed by atoms with Crippen LogP contribution in [-0.2, 0) is 10.0 Å². The first-order valence-electron chi connectivity index (χ1n) is 9.67. The number of anilines is 1. The predicted molar refractivity (Wildman–Crippen MR) is 118 cm³/mol. The van der Waals surface area contributed by atoms with E-state index >= 15 is 0 Å². The van der Waals surface area contributed by atoms with Crippen molar-refractivity contribution in [2.75, 3.05) is 18.4 Å². The van der Waals surface area contributed by atoms with Crippen LogP contribution in [0.1, 0.15) is 23.3 Å². The van der Waals surface area contributed by atoms with Crippen molar-refractivity contribution < 1.29 is 18.1 Å². The average Bonchev–Trinajstić information content (AvgIpc) is 3.48. The molecule has 2 heterocycles. The van der Waals surface area contributed by atoms with E-state index in [2.05, 4.69) is 10.4 Å². The molecule has 0 spiro atoms. The summed E-state index contributed by atoms with van der Waals surface area (Å²) in [5.74, 6) is -0.568. The summed E-state index contributed by atoms with van der Waals surface area (Å²) in [7, 11) is -3.76. The minimum absolute atomic E-state index is 0.0513. The van der Waals surface area contributed by atoms with Crippen LogP contribution in [0.25, 0.3) is 5.69 Å². The molecule has 1 N–H and O–H groups in total. The molecule has 0 saturated carbocycles. The van der Waals surface area contributed by atoms with Gasteiger partial charge in [0.1, 0.15) is 4.90 Å². The van der Waals surface area contributed by atoms with Gasteiger partial charge in [0.05, 0.1) is 15.6 Å². The van der Waals surface area contributed by atoms with Crippen molar-refractivity contribution in [3.63, 3.8) is 0 Å². The molecule has 1 aliphatic heterocycles. The Balaban J connectivity index is 1.55. The van der Waals surface area contributed by atoms with Gasteiger partial charge in [-0.1, -0.05) is 17.7 Å². The lowest BCUT2D eigenvalue weighted by Crippen LogP contribution is -2.28. The van der Waals surface area contributed by atoms with Crippen molar-refractivity contribution >= 4 is 38.9 Å². The van der Waals surface area contributed by atoms with E-state index in [0.717, 1.165) is 12.8 Å². The van der Waals surface area contributed by atoms with Gasteiger partial charge in [0.15, 0.2) is 5.69 Å². The number of hydrogen-bond donors (Lipinski definition) is 1. The highest BCUT2D eigenvalue weighted by Gasteiger charge is 2.29. The third-order valence-corrected chi connectivity index (χ3v) is 7.38. The van der Waals surface area contributed by atoms with Crippen LogP contribution in [-0.4, -0.2) is 46.4 Å². The third-order valence-electron chi connectivity index (χ3n) is 5.00. The average molecular weight is 476 g/mol. The Morgan fingerprint density at radius 1 is 1.12 bits per heavy atom. The lowest BCUT2D eigenvalue weighted by Gasteiger charge is -2.17. The summed E-state index contributed by atoms with van der Waals surface area (Å²) in [5.41, 5.74) is 0.623. The number of nitro groups is 1. The van der Waals surface area contributed by atoms with Gasteiger partial charge in [-0.2, -0.15) is 9.40 Å². The number of rotatable bonds is 6. The Morgan fingerprint density at radius 3 is 2.59 bits per heavy atom. The second-order valence-corrected chi connectivity index (χ2v) is 9.45. The Kier molecular flexibility index (Phi) is 5.96. The molecule has 1 saturated heterocycles. The fraction of sp³-hybridized carbons (Fsp3) is 0.200. The first-order valence-corrected chi connectivity index (χ1v) is 11.5. The van der Waals surface area contributed by atoms with Gasteiger partial charge in [-0.3, -0.25) is 14.9 Å². The van der Waals surface area contributed by atoms with Gasteiger partial charge < -0.3 is 5.32 Å². The normalized spacial score (nSPS) is 14.4. The minimum Gasteiger partial charge on any atom is -0.321 e. The molecule has 0 bridgehead atoms. The lowest BCUT2D eigenvalue weighted by molar-refractivity contribution is -0.384. The van der Waals surface area contributed by atoms with E-state index in [1.807, 2.05) is 0 Å². The van der Waals surface area contributed by atoms with E-state index in [9.17, 15) is 23.3 Å². The number of nitro benzene ring substituents is 1. The summed E-state index contributed by atoms with van der Waals surface area (Å²) >= 11 is 6.14. The Bertz CT molecular complexity index is 1300. The van der Waals surface area contributed by atoms with Gasteiger partial charge in [-0.25, -0.2) is 13.1 Å². The summed E-state index contributed by atoms with van der Waals surface area (Å²) in [6.07, 6.45) is 3.08. The maximum Gasteiger partial charge on any atom is 0.276 e. The van der Waals surface area contributed by atoms with Gasteiger partial charge in [-0.05, 0) is 43.2 Å². The van der Waals surface area contributed by atoms with Gasteiger partial charge in [-0.15, -0.1) is 0 Å². The van der Waals surface area contributed by atoms with Crippen LogP contribution in [0.4, 0.5) is 11.4 Å². The molecule has 12 heteroatoms. The molecule has 1 amide bonds. The summed E-state index contributed by atoms with van der Waals surface area (Å²) < 4.78 is 28.4. The van der Waals surface area contributed by atoms with Gasteiger partial charge in [0.25, 0.3) is 11.6 Å². The van der Waals surface area contributed by atoms with E-state index < -0.39 is 20.9 Å². The molecule has 3 aromatic rings. The van der Waals surface area contributed by atoms with Gasteiger partial charge in [0, 0.05) is 37.1 Å². The SMILES string of the molecule is O=C(Nc1ccc(Cl)c(S(=O)(=O)N2CCCC2)c1)c1ccn(-c2cccc([N+](=O)[O-])c2)n1. The smallest absolute Gasteiger partial charge is 0.276 e. The number of nitrogens with zero attached hydrogens (tertiary/aromatic N) is 4. The molecule has 10 nitrogen and oxygen atoms in total. The molecule has 0 atom stereocenters. The number of non-ortho nitro benzene ring substituents is 1. The number of halogens is 1. The third kappa shape index (κ3) is 4.35. The van der Waals surface area contributed by atoms with E-state index in [1.54, 1.807) is 6.07 Å². The molecule has 32 heavy (non-hydrogen) atoms. The number of carbonyl (C=O) groups is 1. The molecule has 0 aliphatic carbocycles. The summed E-state index contributed by atoms with van der Waals surface area (Å²) in [6, 6.07) is 11.5. The number of sulfonamides is 1. The molecule has 1 aliphatic rings. The highest BCUT2D eigenvalue weighted by atomic mass is 35.5. The monoisotopic (exact) mass is 475 g/mol. The van der Waals surface area contributed by atoms with Gasteiger partial charge >= 0.3 is 0 Å². The lowest BCUT2D eigenvalue weighted by atomic mass is 10.3. The van der Waals surface area contributed by atoms with Crippen molar-refractivity contribution in [3.05, 3.63) is 75.6 Å². The van der Waals surface area contributed by atoms with Crippen molar-refractivity contribution in [1.29, 1.82) is 0 Å². The maximum atomic E-state index is 12.9. The zero-order valence-electron chi connectivity index (χ0n) is 16.6. The Hall–Kier alpha value is -3.28. The van der Waals surface area contributed by atoms with E-state index in [1.165, 1.54) is 57.6 Å². The highest BCUT2D eigenvalue weighted by Crippen LogP contribution is 2.29. The van der Waals surface area contributed by atoms with Crippen LogP contribution in [0.5, 0.6) is 0 Å². The molecule has 1 aromatic heterocycles. The quantitative estimate of drug-likeness (QED) is 0.429. The number of nitrogens with one attached hydrogen (secondary N) is 1. The fourth-order valence-electron chi connectivity index (χ4n) is 3.38. The number of hydrogen-bond acceptors (Lipinski definition) is 6. The van der Waals surface area contributed by atoms with Crippen LogP contribution in [0.2, 0.25) is 5.02 Å². The number of aromatic nitrogens is 2. The second kappa shape index (κ2) is 8.69. The molecule has 0 unspecified atom stereocenters. The van der Waals surface area contributed by atoms with Gasteiger partial charge in [0.2, 0.25) is 10.0 Å². The minimum atomic E-state index is -3.76. The summed E-state index contributed by atoms with van der Waals surface area (Å²) in [5, 5.41) is 17.8. The predicted octanol–water partition coefficient (Wildman–Crippen LogP) is 3.47. The summed E-state index contributed by atoms with van der Waals surface area (Å²) in [4.78, 5) is 23.0. The molecular formula is C20H18ClN5O5S. The second-order valence-electron chi connectivity index (χ2n) is 7.13. The van der Waals surface area contributed by atoms with E-state index in [4.69, 9.17) is 11.6 Å². The van der Waals surface area contributed by atoms with Crippen LogP contribution in [0.3, 0.4) is 0 Å². The molecule has 0 radical (unpaired) electrons. The zero-order valence-corrected chi connectivity index (χ0v) is 18.2. The van der Waals surface area contributed by atoms with Crippen molar-refractivity contribution in [1.82, 2.24) is 14.1 Å². The molecule has 4 rings (SSSR count). The highest BCUT2D eigenvalue weighted by molar-refractivity contribution is 7.89. The van der Waals surface area contributed by atoms with Crippen LogP contribution in [0.15, 0.2) is 59.6 Å². The molecule has 2 aromatic carbocycles. The Morgan fingerprint density at radius 2 is 1.88 bits per heavy atom. The molecule has 166 valence electrons. The first-order chi connectivity index (χ1) is 15.3. The first kappa shape index (κ1) is 21.9. The van der Waals surface area contributed by atoms with Crippen molar-refractivity contribution in [3.8, 4) is 5.69 Å². The largest absolute Gasteiger partial charge is 0.321 e.